The standard InChI is InChI=1S/C23H9F16NO3/c24-18(22(34,35)36,23(37,38)39)10-6-11-14(12(7-10)19(25,26)27)40-16(21(31,32)33)13(20(28,29)30)15(11)43-17(41)42-8-9-4-2-1-3-5-9/h1-7H,8H2. The number of benzene rings is 2. The minimum absolute atomic E-state index is 0.0604. The lowest BCUT2D eigenvalue weighted by atomic mass is 9.89. The minimum atomic E-state index is -7.12. The molecule has 2 aromatic carbocycles. The molecule has 0 bridgehead atoms. The second-order valence-corrected chi connectivity index (χ2v) is 8.36. The normalized spacial score (nSPS) is 13.8. The number of carbonyl (C=O) groups excluding carboxylic acids is 1. The molecule has 1 heterocycles. The van der Waals surface area contributed by atoms with Crippen molar-refractivity contribution >= 4 is 17.1 Å². The fraction of sp³-hybridized carbons (Fsp3) is 0.304. The highest BCUT2D eigenvalue weighted by Crippen LogP contribution is 2.56. The summed E-state index contributed by atoms with van der Waals surface area (Å²) in [6.45, 7) is -0.898. The van der Waals surface area contributed by atoms with Crippen molar-refractivity contribution in [1.29, 1.82) is 0 Å². The van der Waals surface area contributed by atoms with Crippen molar-refractivity contribution in [2.45, 2.75) is 43.2 Å². The molecule has 3 aromatic rings. The molecule has 0 N–H and O–H groups in total. The van der Waals surface area contributed by atoms with Crippen molar-refractivity contribution in [2.24, 2.45) is 0 Å². The molecule has 0 aliphatic heterocycles. The lowest BCUT2D eigenvalue weighted by molar-refractivity contribution is -0.348. The van der Waals surface area contributed by atoms with Gasteiger partial charge in [0.15, 0.2) is 11.4 Å². The lowest BCUT2D eigenvalue weighted by Crippen LogP contribution is -2.50. The summed E-state index contributed by atoms with van der Waals surface area (Å²) >= 11 is 0. The maximum atomic E-state index is 14.8. The highest BCUT2D eigenvalue weighted by Gasteiger charge is 2.74. The molecule has 20 heteroatoms. The van der Waals surface area contributed by atoms with Crippen LogP contribution in [0.1, 0.15) is 27.9 Å². The van der Waals surface area contributed by atoms with E-state index in [0.717, 1.165) is 0 Å². The smallest absolute Gasteiger partial charge is 0.429 e. The van der Waals surface area contributed by atoms with Gasteiger partial charge in [0.1, 0.15) is 12.2 Å². The molecule has 0 radical (unpaired) electrons. The Morgan fingerprint density at radius 1 is 0.698 bits per heavy atom. The third-order valence-electron chi connectivity index (χ3n) is 5.46. The molecule has 236 valence electrons. The van der Waals surface area contributed by atoms with E-state index in [1.165, 1.54) is 30.3 Å². The highest BCUT2D eigenvalue weighted by atomic mass is 19.4. The number of hydrogen-bond acceptors (Lipinski definition) is 4. The van der Waals surface area contributed by atoms with E-state index in [-0.39, 0.29) is 5.56 Å². The number of aromatic nitrogens is 1. The molecule has 0 unspecified atom stereocenters. The molecule has 0 saturated heterocycles. The van der Waals surface area contributed by atoms with Crippen LogP contribution in [-0.2, 0) is 35.5 Å². The van der Waals surface area contributed by atoms with Crippen molar-refractivity contribution in [1.82, 2.24) is 4.98 Å². The summed E-state index contributed by atoms with van der Waals surface area (Å²) in [6.07, 6.45) is -35.6. The zero-order valence-electron chi connectivity index (χ0n) is 20.0. The number of pyridine rings is 1. The van der Waals surface area contributed by atoms with Gasteiger partial charge in [-0.3, -0.25) is 0 Å². The van der Waals surface area contributed by atoms with Gasteiger partial charge in [0.2, 0.25) is 0 Å². The van der Waals surface area contributed by atoms with Crippen LogP contribution in [0, 0.1) is 0 Å². The van der Waals surface area contributed by atoms with Crippen molar-refractivity contribution in [3.05, 3.63) is 70.4 Å². The average Bonchev–Trinajstić information content (AvgIpc) is 2.83. The van der Waals surface area contributed by atoms with Gasteiger partial charge in [0.25, 0.3) is 0 Å². The van der Waals surface area contributed by atoms with Crippen molar-refractivity contribution in [3.63, 3.8) is 0 Å². The third-order valence-corrected chi connectivity index (χ3v) is 5.46. The Morgan fingerprint density at radius 3 is 1.67 bits per heavy atom. The molecule has 0 fully saturated rings. The van der Waals surface area contributed by atoms with Gasteiger partial charge in [-0.1, -0.05) is 30.3 Å². The van der Waals surface area contributed by atoms with Gasteiger partial charge in [0.05, 0.1) is 11.1 Å². The van der Waals surface area contributed by atoms with Gasteiger partial charge in [0, 0.05) is 10.9 Å². The van der Waals surface area contributed by atoms with Crippen LogP contribution in [0.2, 0.25) is 0 Å². The van der Waals surface area contributed by atoms with Gasteiger partial charge in [-0.05, 0) is 17.7 Å². The molecular weight excluding hydrogens is 642 g/mol. The first-order valence-corrected chi connectivity index (χ1v) is 10.7. The van der Waals surface area contributed by atoms with Crippen molar-refractivity contribution < 1.29 is 84.5 Å². The summed E-state index contributed by atoms with van der Waals surface area (Å²) in [5.74, 6) is -2.69. The van der Waals surface area contributed by atoms with E-state index in [1.807, 2.05) is 0 Å². The molecule has 1 aromatic heterocycles. The van der Waals surface area contributed by atoms with Crippen LogP contribution in [0.5, 0.6) is 5.75 Å². The minimum Gasteiger partial charge on any atom is -0.429 e. The van der Waals surface area contributed by atoms with Gasteiger partial charge in [-0.15, -0.1) is 0 Å². The zero-order chi connectivity index (χ0) is 33.0. The number of alkyl halides is 16. The maximum absolute atomic E-state index is 14.8. The van der Waals surface area contributed by atoms with Gasteiger partial charge in [-0.2, -0.15) is 65.9 Å². The molecule has 0 aliphatic rings. The first kappa shape index (κ1) is 33.5. The van der Waals surface area contributed by atoms with Gasteiger partial charge in [-0.25, -0.2) is 14.2 Å². The first-order valence-electron chi connectivity index (χ1n) is 10.7. The second-order valence-electron chi connectivity index (χ2n) is 8.36. The van der Waals surface area contributed by atoms with Crippen LogP contribution in [0.3, 0.4) is 0 Å². The van der Waals surface area contributed by atoms with E-state index in [0.29, 0.717) is 0 Å². The van der Waals surface area contributed by atoms with E-state index >= 15 is 0 Å². The Labute approximate surface area is 226 Å². The number of rotatable bonds is 4. The Bertz CT molecular complexity index is 1490. The average molecular weight is 651 g/mol. The topological polar surface area (TPSA) is 48.4 Å². The van der Waals surface area contributed by atoms with Crippen LogP contribution >= 0.6 is 0 Å². The number of ether oxygens (including phenoxy) is 2. The summed E-state index contributed by atoms with van der Waals surface area (Å²) in [5, 5.41) is -2.32. The highest BCUT2D eigenvalue weighted by molar-refractivity contribution is 5.92. The Morgan fingerprint density at radius 2 is 1.23 bits per heavy atom. The quantitative estimate of drug-likeness (QED) is 0.209. The largest absolute Gasteiger partial charge is 0.514 e. The van der Waals surface area contributed by atoms with Crippen LogP contribution in [-0.4, -0.2) is 23.5 Å². The number of fused-ring (bicyclic) bond motifs is 1. The fourth-order valence-corrected chi connectivity index (χ4v) is 3.64. The fourth-order valence-electron chi connectivity index (χ4n) is 3.64. The predicted octanol–water partition coefficient (Wildman–Crippen LogP) is 9.30. The lowest BCUT2D eigenvalue weighted by Gasteiger charge is -2.31. The number of nitrogens with zero attached hydrogens (tertiary/aromatic N) is 1. The van der Waals surface area contributed by atoms with E-state index < -0.39 is 100 Å². The first-order chi connectivity index (χ1) is 19.3. The van der Waals surface area contributed by atoms with Gasteiger partial charge < -0.3 is 9.47 Å². The van der Waals surface area contributed by atoms with Crippen LogP contribution in [0.15, 0.2) is 42.5 Å². The molecule has 4 nitrogen and oxygen atoms in total. The SMILES string of the molecule is O=C(OCc1ccccc1)Oc1c(C(F)(F)F)c(C(F)(F)F)nc2c(C(F)(F)F)cc(C(F)(C(F)(F)F)C(F)(F)F)cc12. The van der Waals surface area contributed by atoms with Crippen LogP contribution in [0.4, 0.5) is 75.0 Å². The number of hydrogen-bond donors (Lipinski definition) is 0. The molecule has 0 amide bonds. The van der Waals surface area contributed by atoms with E-state index in [4.69, 9.17) is 0 Å². The second kappa shape index (κ2) is 10.6. The molecule has 0 atom stereocenters. The molecule has 3 rings (SSSR count). The van der Waals surface area contributed by atoms with Crippen molar-refractivity contribution in [2.75, 3.05) is 0 Å². The Kier molecular flexibility index (Phi) is 8.27. The maximum Gasteiger partial charge on any atom is 0.514 e. The predicted molar refractivity (Wildman–Crippen MR) is 109 cm³/mol. The van der Waals surface area contributed by atoms with Crippen LogP contribution < -0.4 is 4.74 Å². The zero-order valence-corrected chi connectivity index (χ0v) is 20.0. The Hall–Kier alpha value is -4.00. The molecule has 0 saturated carbocycles. The molecule has 0 aliphatic carbocycles. The molecule has 0 spiro atoms. The van der Waals surface area contributed by atoms with Crippen molar-refractivity contribution in [3.8, 4) is 5.75 Å². The van der Waals surface area contributed by atoms with E-state index in [1.54, 1.807) is 0 Å². The summed E-state index contributed by atoms with van der Waals surface area (Å²) in [7, 11) is 0. The summed E-state index contributed by atoms with van der Waals surface area (Å²) in [6, 6.07) is 4.41. The van der Waals surface area contributed by atoms with Crippen LogP contribution in [0.25, 0.3) is 10.9 Å². The van der Waals surface area contributed by atoms with E-state index in [9.17, 15) is 75.0 Å². The monoisotopic (exact) mass is 651 g/mol. The van der Waals surface area contributed by atoms with Gasteiger partial charge >= 0.3 is 42.7 Å². The summed E-state index contributed by atoms with van der Waals surface area (Å²) in [5.41, 5.74) is -21.5. The number of halogens is 16. The third kappa shape index (κ3) is 6.51. The summed E-state index contributed by atoms with van der Waals surface area (Å²) < 4.78 is 227. The molecular formula is C23H9F16NO3. The number of carbonyl (C=O) groups is 1. The summed E-state index contributed by atoms with van der Waals surface area (Å²) in [4.78, 5) is 14.4. The Balaban J connectivity index is 2.50. The molecule has 43 heavy (non-hydrogen) atoms. The van der Waals surface area contributed by atoms with E-state index in [2.05, 4.69) is 14.5 Å².